The molecule has 1 aliphatic carbocycles. The van der Waals surface area contributed by atoms with Crippen molar-refractivity contribution >= 4 is 18.0 Å². The molecule has 1 aliphatic heterocycles. The molecule has 1 heterocycles. The second kappa shape index (κ2) is 9.03. The number of hydrogen-bond donors (Lipinski definition) is 1. The summed E-state index contributed by atoms with van der Waals surface area (Å²) in [4.78, 5) is 24.7. The van der Waals surface area contributed by atoms with Crippen LogP contribution in [0, 0.1) is 0 Å². The number of esters is 1. The van der Waals surface area contributed by atoms with Gasteiger partial charge in [0.2, 0.25) is 0 Å². The average Bonchev–Trinajstić information content (AvgIpc) is 2.77. The summed E-state index contributed by atoms with van der Waals surface area (Å²) in [5, 5.41) is 3.02. The van der Waals surface area contributed by atoms with Crippen LogP contribution in [0.5, 0.6) is 11.5 Å². The van der Waals surface area contributed by atoms with Crippen LogP contribution >= 0.6 is 0 Å². The van der Waals surface area contributed by atoms with E-state index in [-0.39, 0.29) is 11.9 Å². The van der Waals surface area contributed by atoms with E-state index in [4.69, 9.17) is 14.2 Å². The van der Waals surface area contributed by atoms with Crippen LogP contribution in [-0.4, -0.2) is 31.2 Å². The van der Waals surface area contributed by atoms with Crippen LogP contribution < -0.4 is 14.8 Å². The smallest absolute Gasteiger partial charge is 0.331 e. The average molecular weight is 407 g/mol. The minimum absolute atomic E-state index is 0.0446. The monoisotopic (exact) mass is 407 g/mol. The first-order valence-corrected chi connectivity index (χ1v) is 10.3. The van der Waals surface area contributed by atoms with Gasteiger partial charge < -0.3 is 19.5 Å². The summed E-state index contributed by atoms with van der Waals surface area (Å²) in [6, 6.07) is 13.5. The fourth-order valence-corrected chi connectivity index (χ4v) is 3.79. The molecule has 0 unspecified atom stereocenters. The summed E-state index contributed by atoms with van der Waals surface area (Å²) in [6.45, 7) is 2.61. The molecular formula is C24H25NO5. The number of hydrogen-bond acceptors (Lipinski definition) is 5. The zero-order valence-electron chi connectivity index (χ0n) is 16.9. The van der Waals surface area contributed by atoms with Crippen molar-refractivity contribution in [3.05, 3.63) is 65.2 Å². The van der Waals surface area contributed by atoms with E-state index in [0.717, 1.165) is 30.4 Å². The first-order chi connectivity index (χ1) is 14.6. The topological polar surface area (TPSA) is 73.9 Å². The van der Waals surface area contributed by atoms with Crippen molar-refractivity contribution < 1.29 is 23.8 Å². The molecule has 1 amide bonds. The van der Waals surface area contributed by atoms with Crippen molar-refractivity contribution in [3.8, 4) is 11.5 Å². The minimum atomic E-state index is -0.878. The first kappa shape index (κ1) is 20.0. The van der Waals surface area contributed by atoms with Gasteiger partial charge in [-0.15, -0.1) is 0 Å². The summed E-state index contributed by atoms with van der Waals surface area (Å²) < 4.78 is 16.3. The molecule has 2 aromatic rings. The molecule has 4 rings (SSSR count). The molecule has 0 saturated heterocycles. The van der Waals surface area contributed by atoms with Gasteiger partial charge in [0.25, 0.3) is 5.91 Å². The molecule has 0 radical (unpaired) electrons. The summed E-state index contributed by atoms with van der Waals surface area (Å²) in [7, 11) is 0. The van der Waals surface area contributed by atoms with Crippen molar-refractivity contribution in [2.24, 2.45) is 0 Å². The van der Waals surface area contributed by atoms with E-state index in [1.165, 1.54) is 11.6 Å². The molecule has 6 nitrogen and oxygen atoms in total. The van der Waals surface area contributed by atoms with E-state index in [1.807, 2.05) is 24.3 Å². The zero-order chi connectivity index (χ0) is 20.9. The second-order valence-corrected chi connectivity index (χ2v) is 7.47. The van der Waals surface area contributed by atoms with E-state index >= 15 is 0 Å². The van der Waals surface area contributed by atoms with Crippen LogP contribution in [-0.2, 0) is 20.7 Å². The number of carbonyl (C=O) groups excluding carboxylic acids is 2. The number of amides is 1. The summed E-state index contributed by atoms with van der Waals surface area (Å²) in [5.41, 5.74) is 3.20. The molecular weight excluding hydrogens is 382 g/mol. The molecule has 0 bridgehead atoms. The SMILES string of the molecule is C[C@@H](OC(=O)/C=C/c1ccc2c(c1)OCCO2)C(=O)N[C@@H]1CCCc2ccccc21. The number of ether oxygens (including phenoxy) is 3. The predicted molar refractivity (Wildman–Crippen MR) is 112 cm³/mol. The quantitative estimate of drug-likeness (QED) is 0.606. The lowest BCUT2D eigenvalue weighted by Crippen LogP contribution is -2.39. The van der Waals surface area contributed by atoms with E-state index in [1.54, 1.807) is 25.1 Å². The molecule has 0 aromatic heterocycles. The lowest BCUT2D eigenvalue weighted by Gasteiger charge is -2.27. The van der Waals surface area contributed by atoms with E-state index < -0.39 is 12.1 Å². The molecule has 2 aromatic carbocycles. The molecule has 30 heavy (non-hydrogen) atoms. The van der Waals surface area contributed by atoms with E-state index in [0.29, 0.717) is 24.7 Å². The maximum atomic E-state index is 12.5. The van der Waals surface area contributed by atoms with Crippen molar-refractivity contribution in [2.45, 2.75) is 38.3 Å². The first-order valence-electron chi connectivity index (χ1n) is 10.3. The summed E-state index contributed by atoms with van der Waals surface area (Å²) >= 11 is 0. The highest BCUT2D eigenvalue weighted by atomic mass is 16.6. The summed E-state index contributed by atoms with van der Waals surface area (Å²) in [5.74, 6) is 0.474. The van der Waals surface area contributed by atoms with Crippen molar-refractivity contribution in [2.75, 3.05) is 13.2 Å². The zero-order valence-corrected chi connectivity index (χ0v) is 16.9. The molecule has 0 saturated carbocycles. The molecule has 156 valence electrons. The number of aryl methyl sites for hydroxylation is 1. The maximum Gasteiger partial charge on any atom is 0.331 e. The Morgan fingerprint density at radius 2 is 1.93 bits per heavy atom. The Morgan fingerprint density at radius 1 is 1.13 bits per heavy atom. The van der Waals surface area contributed by atoms with Gasteiger partial charge in [-0.2, -0.15) is 0 Å². The molecule has 0 fully saturated rings. The van der Waals surface area contributed by atoms with Gasteiger partial charge in [-0.25, -0.2) is 4.79 Å². The predicted octanol–water partition coefficient (Wildman–Crippen LogP) is 3.60. The van der Waals surface area contributed by atoms with Gasteiger partial charge in [0.05, 0.1) is 6.04 Å². The highest BCUT2D eigenvalue weighted by Crippen LogP contribution is 2.31. The van der Waals surface area contributed by atoms with Gasteiger partial charge >= 0.3 is 5.97 Å². The Kier molecular flexibility index (Phi) is 6.02. The third-order valence-corrected chi connectivity index (χ3v) is 5.33. The van der Waals surface area contributed by atoms with Crippen LogP contribution in [0.15, 0.2) is 48.5 Å². The van der Waals surface area contributed by atoms with Crippen LogP contribution in [0.1, 0.15) is 42.5 Å². The fourth-order valence-electron chi connectivity index (χ4n) is 3.79. The minimum Gasteiger partial charge on any atom is -0.486 e. The summed E-state index contributed by atoms with van der Waals surface area (Å²) in [6.07, 6.45) is 4.99. The van der Waals surface area contributed by atoms with E-state index in [2.05, 4.69) is 11.4 Å². The molecule has 6 heteroatoms. The third kappa shape index (κ3) is 4.64. The highest BCUT2D eigenvalue weighted by Gasteiger charge is 2.25. The van der Waals surface area contributed by atoms with Gasteiger partial charge in [-0.05, 0) is 61.1 Å². The van der Waals surface area contributed by atoms with Crippen LogP contribution in [0.2, 0.25) is 0 Å². The van der Waals surface area contributed by atoms with Gasteiger partial charge in [-0.3, -0.25) is 4.79 Å². The van der Waals surface area contributed by atoms with Crippen LogP contribution in [0.3, 0.4) is 0 Å². The standard InChI is InChI=1S/C24H25NO5/c1-16(24(27)25-20-8-4-6-18-5-2-3-7-19(18)20)30-23(26)12-10-17-9-11-21-22(15-17)29-14-13-28-21/h2-3,5,7,9-12,15-16,20H,4,6,8,13-14H2,1H3,(H,25,27)/b12-10+/t16-,20-/m1/s1. The normalized spacial score (nSPS) is 18.4. The van der Waals surface area contributed by atoms with Crippen LogP contribution in [0.25, 0.3) is 6.08 Å². The third-order valence-electron chi connectivity index (χ3n) is 5.33. The Labute approximate surface area is 175 Å². The number of rotatable bonds is 5. The van der Waals surface area contributed by atoms with E-state index in [9.17, 15) is 9.59 Å². The molecule has 1 N–H and O–H groups in total. The van der Waals surface area contributed by atoms with Crippen molar-refractivity contribution in [3.63, 3.8) is 0 Å². The van der Waals surface area contributed by atoms with Crippen molar-refractivity contribution in [1.82, 2.24) is 5.32 Å². The van der Waals surface area contributed by atoms with Gasteiger partial charge in [0.15, 0.2) is 17.6 Å². The number of carbonyl (C=O) groups is 2. The van der Waals surface area contributed by atoms with Crippen LogP contribution in [0.4, 0.5) is 0 Å². The number of nitrogens with one attached hydrogen (secondary N) is 1. The largest absolute Gasteiger partial charge is 0.486 e. The van der Waals surface area contributed by atoms with Crippen molar-refractivity contribution in [1.29, 1.82) is 0 Å². The molecule has 0 spiro atoms. The van der Waals surface area contributed by atoms with Gasteiger partial charge in [-0.1, -0.05) is 30.3 Å². The second-order valence-electron chi connectivity index (χ2n) is 7.47. The fraction of sp³-hybridized carbons (Fsp3) is 0.333. The molecule has 2 atom stereocenters. The number of fused-ring (bicyclic) bond motifs is 2. The van der Waals surface area contributed by atoms with Gasteiger partial charge in [0.1, 0.15) is 13.2 Å². The lowest BCUT2D eigenvalue weighted by molar-refractivity contribution is -0.150. The lowest BCUT2D eigenvalue weighted by atomic mass is 9.87. The Morgan fingerprint density at radius 3 is 2.80 bits per heavy atom. The number of benzene rings is 2. The highest BCUT2D eigenvalue weighted by molar-refractivity contribution is 5.90. The molecule has 2 aliphatic rings. The van der Waals surface area contributed by atoms with Gasteiger partial charge in [0, 0.05) is 6.08 Å². The Bertz CT molecular complexity index is 968. The maximum absolute atomic E-state index is 12.5. The Balaban J connectivity index is 1.32. The Hall–Kier alpha value is -3.28.